The van der Waals surface area contributed by atoms with Gasteiger partial charge in [-0.3, -0.25) is 10.1 Å². The smallest absolute Gasteiger partial charge is 0.257 e. The van der Waals surface area contributed by atoms with Crippen LogP contribution in [-0.2, 0) is 0 Å². The minimum Gasteiger partial charge on any atom is -0.298 e. The summed E-state index contributed by atoms with van der Waals surface area (Å²) in [7, 11) is 0. The van der Waals surface area contributed by atoms with Crippen molar-refractivity contribution >= 4 is 45.6 Å². The Hall–Kier alpha value is -1.88. The van der Waals surface area contributed by atoms with Gasteiger partial charge in [-0.2, -0.15) is 0 Å². The fourth-order valence-electron chi connectivity index (χ4n) is 1.91. The van der Waals surface area contributed by atoms with Crippen LogP contribution in [-0.4, -0.2) is 10.9 Å². The van der Waals surface area contributed by atoms with Gasteiger partial charge in [0.1, 0.15) is 0 Å². The van der Waals surface area contributed by atoms with Crippen molar-refractivity contribution in [3.05, 3.63) is 69.5 Å². The zero-order valence-corrected chi connectivity index (χ0v) is 13.5. The summed E-state index contributed by atoms with van der Waals surface area (Å²) in [4.78, 5) is 16.5. The van der Waals surface area contributed by atoms with Crippen LogP contribution in [0.15, 0.2) is 53.9 Å². The first-order valence-corrected chi connectivity index (χ1v) is 8.04. The first-order valence-electron chi connectivity index (χ1n) is 6.41. The van der Waals surface area contributed by atoms with Crippen LogP contribution in [0.2, 0.25) is 10.0 Å². The van der Waals surface area contributed by atoms with E-state index in [1.165, 1.54) is 11.3 Å². The number of hydrogen-bond acceptors (Lipinski definition) is 3. The van der Waals surface area contributed by atoms with Gasteiger partial charge in [-0.05, 0) is 30.3 Å². The molecule has 1 aromatic heterocycles. The van der Waals surface area contributed by atoms with Crippen molar-refractivity contribution in [2.75, 3.05) is 5.32 Å². The molecule has 0 unspecified atom stereocenters. The van der Waals surface area contributed by atoms with E-state index in [-0.39, 0.29) is 5.91 Å². The van der Waals surface area contributed by atoms with Gasteiger partial charge in [0.2, 0.25) is 0 Å². The highest BCUT2D eigenvalue weighted by Gasteiger charge is 2.11. The van der Waals surface area contributed by atoms with E-state index in [4.69, 9.17) is 23.2 Å². The Bertz CT molecular complexity index is 818. The first kappa shape index (κ1) is 15.0. The lowest BCUT2D eigenvalue weighted by Crippen LogP contribution is -2.11. The molecule has 3 aromatic rings. The molecule has 0 radical (unpaired) electrons. The lowest BCUT2D eigenvalue weighted by molar-refractivity contribution is 0.102. The Morgan fingerprint density at radius 2 is 1.86 bits per heavy atom. The third-order valence-corrected chi connectivity index (χ3v) is 4.27. The van der Waals surface area contributed by atoms with Crippen molar-refractivity contribution in [1.29, 1.82) is 0 Å². The number of halogens is 2. The predicted molar refractivity (Wildman–Crippen MR) is 92.0 cm³/mol. The Labute approximate surface area is 141 Å². The lowest BCUT2D eigenvalue weighted by Gasteiger charge is -2.02. The van der Waals surface area contributed by atoms with Gasteiger partial charge in [0.15, 0.2) is 5.13 Å². The summed E-state index contributed by atoms with van der Waals surface area (Å²) in [6.45, 7) is 0. The van der Waals surface area contributed by atoms with E-state index < -0.39 is 0 Å². The molecule has 0 saturated heterocycles. The Kier molecular flexibility index (Phi) is 4.43. The van der Waals surface area contributed by atoms with Crippen molar-refractivity contribution in [1.82, 2.24) is 4.98 Å². The van der Waals surface area contributed by atoms with E-state index in [9.17, 15) is 4.79 Å². The summed E-state index contributed by atoms with van der Waals surface area (Å²) in [5, 5.41) is 6.24. The molecule has 0 bridgehead atoms. The molecule has 3 rings (SSSR count). The molecule has 1 N–H and O–H groups in total. The van der Waals surface area contributed by atoms with Crippen LogP contribution in [0, 0.1) is 0 Å². The summed E-state index contributed by atoms with van der Waals surface area (Å²) in [6.07, 6.45) is 0. The second-order valence-corrected chi connectivity index (χ2v) is 6.18. The minimum absolute atomic E-state index is 0.191. The highest BCUT2D eigenvalue weighted by Crippen LogP contribution is 2.32. The molecule has 0 aliphatic rings. The van der Waals surface area contributed by atoms with Crippen LogP contribution >= 0.6 is 34.5 Å². The zero-order chi connectivity index (χ0) is 15.5. The van der Waals surface area contributed by atoms with Gasteiger partial charge in [0.05, 0.1) is 10.7 Å². The number of hydrogen-bond donors (Lipinski definition) is 1. The molecule has 3 nitrogen and oxygen atoms in total. The number of aromatic nitrogens is 1. The van der Waals surface area contributed by atoms with Gasteiger partial charge in [-0.15, -0.1) is 11.3 Å². The SMILES string of the molecule is O=C(Nc1nc(-c2ccc(Cl)cc2Cl)cs1)c1ccccc1. The molecule has 0 atom stereocenters. The van der Waals surface area contributed by atoms with Crippen LogP contribution in [0.1, 0.15) is 10.4 Å². The average molecular weight is 349 g/mol. The van der Waals surface area contributed by atoms with Crippen molar-refractivity contribution in [3.8, 4) is 11.3 Å². The highest BCUT2D eigenvalue weighted by molar-refractivity contribution is 7.14. The second-order valence-electron chi connectivity index (χ2n) is 4.48. The van der Waals surface area contributed by atoms with Crippen molar-refractivity contribution in [2.45, 2.75) is 0 Å². The molecule has 0 fully saturated rings. The summed E-state index contributed by atoms with van der Waals surface area (Å²) in [5.41, 5.74) is 2.07. The standard InChI is InChI=1S/C16H10Cl2N2OS/c17-11-6-7-12(13(18)8-11)14-9-22-16(19-14)20-15(21)10-4-2-1-3-5-10/h1-9H,(H,19,20,21). The van der Waals surface area contributed by atoms with Gasteiger partial charge in [-0.25, -0.2) is 4.98 Å². The van der Waals surface area contributed by atoms with E-state index in [0.29, 0.717) is 26.4 Å². The van der Waals surface area contributed by atoms with Crippen molar-refractivity contribution in [2.24, 2.45) is 0 Å². The summed E-state index contributed by atoms with van der Waals surface area (Å²) in [6, 6.07) is 14.2. The molecule has 0 aliphatic carbocycles. The number of nitrogens with zero attached hydrogens (tertiary/aromatic N) is 1. The largest absolute Gasteiger partial charge is 0.298 e. The van der Waals surface area contributed by atoms with Gasteiger partial charge >= 0.3 is 0 Å². The topological polar surface area (TPSA) is 42.0 Å². The molecule has 1 amide bonds. The molecular formula is C16H10Cl2N2OS. The third-order valence-electron chi connectivity index (χ3n) is 2.97. The third kappa shape index (κ3) is 3.30. The number of nitrogens with one attached hydrogen (secondary N) is 1. The Balaban J connectivity index is 1.81. The number of amides is 1. The van der Waals surface area contributed by atoms with Crippen LogP contribution in [0.4, 0.5) is 5.13 Å². The quantitative estimate of drug-likeness (QED) is 0.691. The van der Waals surface area contributed by atoms with E-state index in [0.717, 1.165) is 5.56 Å². The Morgan fingerprint density at radius 3 is 2.59 bits per heavy atom. The molecule has 6 heteroatoms. The maximum atomic E-state index is 12.1. The number of carbonyl (C=O) groups excluding carboxylic acids is 1. The summed E-state index contributed by atoms with van der Waals surface area (Å²) in [5.74, 6) is -0.191. The summed E-state index contributed by atoms with van der Waals surface area (Å²) >= 11 is 13.4. The number of rotatable bonds is 3. The second kappa shape index (κ2) is 6.48. The maximum absolute atomic E-state index is 12.1. The molecule has 22 heavy (non-hydrogen) atoms. The maximum Gasteiger partial charge on any atom is 0.257 e. The minimum atomic E-state index is -0.191. The molecule has 0 aliphatic heterocycles. The molecule has 1 heterocycles. The number of thiazole rings is 1. The molecule has 2 aromatic carbocycles. The molecular weight excluding hydrogens is 339 g/mol. The number of benzene rings is 2. The van der Waals surface area contributed by atoms with Crippen molar-refractivity contribution < 1.29 is 4.79 Å². The highest BCUT2D eigenvalue weighted by atomic mass is 35.5. The molecule has 0 spiro atoms. The van der Waals surface area contributed by atoms with Crippen LogP contribution in [0.5, 0.6) is 0 Å². The van der Waals surface area contributed by atoms with E-state index >= 15 is 0 Å². The van der Waals surface area contributed by atoms with Gasteiger partial charge in [0, 0.05) is 21.5 Å². The van der Waals surface area contributed by atoms with Crippen molar-refractivity contribution in [3.63, 3.8) is 0 Å². The average Bonchev–Trinajstić information content (AvgIpc) is 2.96. The van der Waals surface area contributed by atoms with E-state index in [2.05, 4.69) is 10.3 Å². The van der Waals surface area contributed by atoms with E-state index in [1.54, 1.807) is 24.3 Å². The monoisotopic (exact) mass is 348 g/mol. The predicted octanol–water partition coefficient (Wildman–Crippen LogP) is 5.37. The van der Waals surface area contributed by atoms with Crippen LogP contribution in [0.25, 0.3) is 11.3 Å². The van der Waals surface area contributed by atoms with Crippen LogP contribution < -0.4 is 5.32 Å². The molecule has 0 saturated carbocycles. The van der Waals surface area contributed by atoms with Gasteiger partial charge < -0.3 is 0 Å². The summed E-state index contributed by atoms with van der Waals surface area (Å²) < 4.78 is 0. The van der Waals surface area contributed by atoms with Gasteiger partial charge in [0.25, 0.3) is 5.91 Å². The normalized spacial score (nSPS) is 10.5. The fourth-order valence-corrected chi connectivity index (χ4v) is 3.12. The fraction of sp³-hybridized carbons (Fsp3) is 0. The lowest BCUT2D eigenvalue weighted by atomic mass is 10.2. The van der Waals surface area contributed by atoms with Gasteiger partial charge in [-0.1, -0.05) is 41.4 Å². The first-order chi connectivity index (χ1) is 10.6. The molecule has 110 valence electrons. The zero-order valence-electron chi connectivity index (χ0n) is 11.2. The van der Waals surface area contributed by atoms with E-state index in [1.807, 2.05) is 29.6 Å². The van der Waals surface area contributed by atoms with Crippen LogP contribution in [0.3, 0.4) is 0 Å². The number of anilines is 1. The Morgan fingerprint density at radius 1 is 1.09 bits per heavy atom. The number of carbonyl (C=O) groups is 1.